The first-order chi connectivity index (χ1) is 9.79. The van der Waals surface area contributed by atoms with Crippen LogP contribution in [0, 0.1) is 0 Å². The van der Waals surface area contributed by atoms with E-state index in [9.17, 15) is 0 Å². The summed E-state index contributed by atoms with van der Waals surface area (Å²) in [5.41, 5.74) is 3.71. The molecule has 1 nitrogen and oxygen atoms in total. The molecule has 1 unspecified atom stereocenters. The quantitative estimate of drug-likeness (QED) is 0.608. The molecule has 2 aromatic carbocycles. The molecule has 0 amide bonds. The lowest BCUT2D eigenvalue weighted by Crippen LogP contribution is -1.96. The van der Waals surface area contributed by atoms with E-state index in [0.29, 0.717) is 0 Å². The third-order valence-electron chi connectivity index (χ3n) is 3.57. The van der Waals surface area contributed by atoms with Crippen LogP contribution in [0.5, 0.6) is 0 Å². The third kappa shape index (κ3) is 2.37. The zero-order valence-corrected chi connectivity index (χ0v) is 12.1. The van der Waals surface area contributed by atoms with Gasteiger partial charge >= 0.3 is 0 Å². The number of para-hydroxylation sites is 1. The van der Waals surface area contributed by atoms with Crippen LogP contribution in [0.2, 0.25) is 5.02 Å². The molecule has 100 valence electrons. The van der Waals surface area contributed by atoms with Crippen LogP contribution in [0.3, 0.4) is 0 Å². The molecule has 0 spiro atoms. The van der Waals surface area contributed by atoms with Crippen molar-refractivity contribution in [3.8, 4) is 0 Å². The van der Waals surface area contributed by atoms with Crippen molar-refractivity contribution in [2.45, 2.75) is 12.8 Å². The molecule has 1 atom stereocenters. The van der Waals surface area contributed by atoms with Crippen molar-refractivity contribution in [2.24, 2.45) is 0 Å². The Bertz CT molecular complexity index is 737. The van der Waals surface area contributed by atoms with E-state index in [1.165, 1.54) is 22.0 Å². The maximum atomic E-state index is 5.99. The molecule has 0 saturated heterocycles. The van der Waals surface area contributed by atoms with Crippen LogP contribution < -0.4 is 0 Å². The molecular weight excluding hydrogens is 266 g/mol. The van der Waals surface area contributed by atoms with Crippen molar-refractivity contribution < 1.29 is 0 Å². The molecule has 0 radical (unpaired) electrons. The van der Waals surface area contributed by atoms with Crippen LogP contribution in [0.25, 0.3) is 10.9 Å². The number of fused-ring (bicyclic) bond motifs is 1. The summed E-state index contributed by atoms with van der Waals surface area (Å²) >= 11 is 5.99. The van der Waals surface area contributed by atoms with E-state index >= 15 is 0 Å². The SMILES string of the molecule is C/C=C/C(c1ccc(Cl)cc1)c1c[nH]c2ccccc12. The standard InChI is InChI=1S/C18H16ClN/c1-2-5-15(13-8-10-14(19)11-9-13)17-12-20-18-7-4-3-6-16(17)18/h2-12,15,20H,1H3/b5-2+. The van der Waals surface area contributed by atoms with Crippen molar-refractivity contribution >= 4 is 22.5 Å². The average molecular weight is 282 g/mol. The summed E-state index contributed by atoms with van der Waals surface area (Å²) in [6.07, 6.45) is 6.42. The van der Waals surface area contributed by atoms with Gasteiger partial charge in [-0.05, 0) is 36.2 Å². The van der Waals surface area contributed by atoms with Crippen LogP contribution in [0.15, 0.2) is 66.9 Å². The normalized spacial score (nSPS) is 13.1. The zero-order valence-electron chi connectivity index (χ0n) is 11.3. The number of nitrogens with one attached hydrogen (secondary N) is 1. The highest BCUT2D eigenvalue weighted by Crippen LogP contribution is 2.32. The van der Waals surface area contributed by atoms with Gasteiger partial charge in [0.05, 0.1) is 0 Å². The van der Waals surface area contributed by atoms with Gasteiger partial charge in [0.15, 0.2) is 0 Å². The number of hydrogen-bond donors (Lipinski definition) is 1. The predicted molar refractivity (Wildman–Crippen MR) is 86.4 cm³/mol. The summed E-state index contributed by atoms with van der Waals surface area (Å²) in [7, 11) is 0. The topological polar surface area (TPSA) is 15.8 Å². The number of halogens is 1. The minimum Gasteiger partial charge on any atom is -0.361 e. The fraction of sp³-hybridized carbons (Fsp3) is 0.111. The maximum absolute atomic E-state index is 5.99. The molecule has 3 aromatic rings. The van der Waals surface area contributed by atoms with Crippen LogP contribution in [0.4, 0.5) is 0 Å². The first kappa shape index (κ1) is 13.0. The van der Waals surface area contributed by atoms with E-state index in [0.717, 1.165) is 5.02 Å². The molecule has 0 saturated carbocycles. The minimum atomic E-state index is 0.244. The highest BCUT2D eigenvalue weighted by molar-refractivity contribution is 6.30. The van der Waals surface area contributed by atoms with Crippen molar-refractivity contribution in [3.05, 3.63) is 83.0 Å². The van der Waals surface area contributed by atoms with Crippen molar-refractivity contribution in [1.82, 2.24) is 4.98 Å². The van der Waals surface area contributed by atoms with Gasteiger partial charge in [0, 0.05) is 28.0 Å². The van der Waals surface area contributed by atoms with Gasteiger partial charge < -0.3 is 4.98 Å². The first-order valence-corrected chi connectivity index (χ1v) is 7.11. The van der Waals surface area contributed by atoms with Crippen LogP contribution >= 0.6 is 11.6 Å². The Morgan fingerprint density at radius 3 is 2.55 bits per heavy atom. The number of H-pyrrole nitrogens is 1. The smallest absolute Gasteiger partial charge is 0.0457 e. The summed E-state index contributed by atoms with van der Waals surface area (Å²) in [6, 6.07) is 16.5. The Labute approximate surface area is 123 Å². The van der Waals surface area contributed by atoms with Crippen molar-refractivity contribution in [2.75, 3.05) is 0 Å². The lowest BCUT2D eigenvalue weighted by Gasteiger charge is -2.13. The Kier molecular flexibility index (Phi) is 3.62. The van der Waals surface area contributed by atoms with Gasteiger partial charge in [-0.25, -0.2) is 0 Å². The van der Waals surface area contributed by atoms with Crippen LogP contribution in [-0.4, -0.2) is 4.98 Å². The number of hydrogen-bond acceptors (Lipinski definition) is 0. The number of allylic oxidation sites excluding steroid dienone is 2. The molecular formula is C18H16ClN. The molecule has 0 aliphatic heterocycles. The third-order valence-corrected chi connectivity index (χ3v) is 3.82. The maximum Gasteiger partial charge on any atom is 0.0457 e. The Hall–Kier alpha value is -1.99. The van der Waals surface area contributed by atoms with Gasteiger partial charge in [-0.3, -0.25) is 0 Å². The summed E-state index contributed by atoms with van der Waals surface area (Å²) in [6.45, 7) is 2.05. The van der Waals surface area contributed by atoms with E-state index < -0.39 is 0 Å². The molecule has 3 rings (SSSR count). The number of aromatic nitrogens is 1. The molecule has 1 N–H and O–H groups in total. The molecule has 1 aromatic heterocycles. The van der Waals surface area contributed by atoms with E-state index in [2.05, 4.69) is 66.7 Å². The van der Waals surface area contributed by atoms with E-state index in [-0.39, 0.29) is 5.92 Å². The lowest BCUT2D eigenvalue weighted by atomic mass is 9.91. The Balaban J connectivity index is 2.13. The summed E-state index contributed by atoms with van der Waals surface area (Å²) in [5, 5.41) is 2.04. The molecule has 0 bridgehead atoms. The van der Waals surface area contributed by atoms with Crippen LogP contribution in [-0.2, 0) is 0 Å². The summed E-state index contributed by atoms with van der Waals surface area (Å²) in [4.78, 5) is 3.35. The monoisotopic (exact) mass is 281 g/mol. The van der Waals surface area contributed by atoms with E-state index in [1.54, 1.807) is 0 Å². The largest absolute Gasteiger partial charge is 0.361 e. The fourth-order valence-electron chi connectivity index (χ4n) is 2.61. The van der Waals surface area contributed by atoms with Crippen molar-refractivity contribution in [3.63, 3.8) is 0 Å². The zero-order chi connectivity index (χ0) is 13.9. The van der Waals surface area contributed by atoms with Gasteiger partial charge in [-0.2, -0.15) is 0 Å². The minimum absolute atomic E-state index is 0.244. The van der Waals surface area contributed by atoms with Gasteiger partial charge in [-0.1, -0.05) is 54.1 Å². The van der Waals surface area contributed by atoms with Crippen molar-refractivity contribution in [1.29, 1.82) is 0 Å². The molecule has 1 heterocycles. The molecule has 2 heteroatoms. The van der Waals surface area contributed by atoms with Gasteiger partial charge in [-0.15, -0.1) is 0 Å². The van der Waals surface area contributed by atoms with E-state index in [1.807, 2.05) is 12.1 Å². The number of aromatic amines is 1. The number of rotatable bonds is 3. The van der Waals surface area contributed by atoms with Crippen LogP contribution in [0.1, 0.15) is 24.0 Å². The predicted octanol–water partition coefficient (Wildman–Crippen LogP) is 5.53. The highest BCUT2D eigenvalue weighted by atomic mass is 35.5. The second-order valence-electron chi connectivity index (χ2n) is 4.84. The highest BCUT2D eigenvalue weighted by Gasteiger charge is 2.14. The first-order valence-electron chi connectivity index (χ1n) is 6.74. The Morgan fingerprint density at radius 1 is 1.05 bits per heavy atom. The number of benzene rings is 2. The van der Waals surface area contributed by atoms with Gasteiger partial charge in [0.1, 0.15) is 0 Å². The molecule has 0 fully saturated rings. The summed E-state index contributed by atoms with van der Waals surface area (Å²) < 4.78 is 0. The van der Waals surface area contributed by atoms with Gasteiger partial charge in [0.25, 0.3) is 0 Å². The second-order valence-corrected chi connectivity index (χ2v) is 5.28. The average Bonchev–Trinajstić information content (AvgIpc) is 2.90. The molecule has 20 heavy (non-hydrogen) atoms. The fourth-order valence-corrected chi connectivity index (χ4v) is 2.73. The summed E-state index contributed by atoms with van der Waals surface area (Å²) in [5.74, 6) is 0.244. The second kappa shape index (κ2) is 5.56. The molecule has 0 aliphatic rings. The molecule has 0 aliphatic carbocycles. The lowest BCUT2D eigenvalue weighted by molar-refractivity contribution is 1.03. The van der Waals surface area contributed by atoms with E-state index in [4.69, 9.17) is 11.6 Å². The Morgan fingerprint density at radius 2 is 1.80 bits per heavy atom. The van der Waals surface area contributed by atoms with Gasteiger partial charge in [0.2, 0.25) is 0 Å².